The molecule has 3 heteroatoms. The summed E-state index contributed by atoms with van der Waals surface area (Å²) in [5.41, 5.74) is 3.88. The number of nitrogens with zero attached hydrogens (tertiary/aromatic N) is 1. The van der Waals surface area contributed by atoms with E-state index in [4.69, 9.17) is 0 Å². The van der Waals surface area contributed by atoms with Crippen molar-refractivity contribution in [2.45, 2.75) is 54.0 Å². The molecule has 1 saturated heterocycles. The van der Waals surface area contributed by atoms with Crippen LogP contribution in [0.4, 0.5) is 0 Å². The van der Waals surface area contributed by atoms with Crippen molar-refractivity contribution in [1.82, 2.24) is 10.2 Å². The summed E-state index contributed by atoms with van der Waals surface area (Å²) in [6.07, 6.45) is 2.35. The summed E-state index contributed by atoms with van der Waals surface area (Å²) < 4.78 is 0. The number of amides is 1. The molecule has 0 aliphatic carbocycles. The predicted molar refractivity (Wildman–Crippen MR) is 96.4 cm³/mol. The molecule has 1 amide bonds. The highest BCUT2D eigenvalue weighted by Gasteiger charge is 2.24. The maximum atomic E-state index is 12.0. The summed E-state index contributed by atoms with van der Waals surface area (Å²) in [6, 6.07) is 6.74. The lowest BCUT2D eigenvalue weighted by Crippen LogP contribution is -2.41. The number of piperidine rings is 1. The second-order valence-corrected chi connectivity index (χ2v) is 8.11. The van der Waals surface area contributed by atoms with Crippen LogP contribution in [0.25, 0.3) is 0 Å². The van der Waals surface area contributed by atoms with Crippen LogP contribution >= 0.6 is 0 Å². The van der Waals surface area contributed by atoms with Gasteiger partial charge in [-0.2, -0.15) is 0 Å². The Bertz CT molecular complexity index is 537. The molecule has 1 heterocycles. The number of likely N-dealkylation sites (tertiary alicyclic amines) is 1. The molecule has 1 aliphatic heterocycles. The second-order valence-electron chi connectivity index (χ2n) is 8.11. The summed E-state index contributed by atoms with van der Waals surface area (Å²) in [6.45, 7) is 14.4. The van der Waals surface area contributed by atoms with Crippen LogP contribution in [0.1, 0.15) is 50.3 Å². The summed E-state index contributed by atoms with van der Waals surface area (Å²) in [5.74, 6) is 0.784. The Morgan fingerprint density at radius 1 is 1.22 bits per heavy atom. The zero-order valence-electron chi connectivity index (χ0n) is 15.4. The van der Waals surface area contributed by atoms with Crippen LogP contribution in [0.2, 0.25) is 0 Å². The van der Waals surface area contributed by atoms with Gasteiger partial charge in [0, 0.05) is 18.5 Å². The highest BCUT2D eigenvalue weighted by atomic mass is 16.2. The van der Waals surface area contributed by atoms with Gasteiger partial charge in [-0.15, -0.1) is 0 Å². The Hall–Kier alpha value is -1.35. The molecule has 0 bridgehead atoms. The molecule has 1 aromatic carbocycles. The van der Waals surface area contributed by atoms with E-state index in [1.807, 2.05) is 20.8 Å². The number of hydrogen-bond donors (Lipinski definition) is 1. The highest BCUT2D eigenvalue weighted by Crippen LogP contribution is 2.21. The minimum absolute atomic E-state index is 0.162. The van der Waals surface area contributed by atoms with Crippen molar-refractivity contribution in [2.24, 2.45) is 11.3 Å². The van der Waals surface area contributed by atoms with Gasteiger partial charge in [-0.05, 0) is 56.8 Å². The molecule has 1 N–H and O–H groups in total. The number of aryl methyl sites for hydroxylation is 2. The summed E-state index contributed by atoms with van der Waals surface area (Å²) in [7, 11) is 0. The Labute approximate surface area is 141 Å². The van der Waals surface area contributed by atoms with E-state index >= 15 is 0 Å². The van der Waals surface area contributed by atoms with Crippen molar-refractivity contribution in [3.05, 3.63) is 34.9 Å². The number of rotatable bonds is 4. The molecule has 1 aromatic rings. The standard InChI is InChI=1S/C20H32N2O/c1-15-6-7-18(16(2)12-15)14-22-10-8-17(9-11-22)13-21-19(23)20(3,4)5/h6-7,12,17H,8-11,13-14H2,1-5H3,(H,21,23). The van der Waals surface area contributed by atoms with Crippen LogP contribution in [-0.2, 0) is 11.3 Å². The molecule has 0 saturated carbocycles. The minimum atomic E-state index is -0.288. The Kier molecular flexibility index (Phi) is 5.85. The van der Waals surface area contributed by atoms with E-state index in [0.29, 0.717) is 5.92 Å². The molecule has 0 atom stereocenters. The largest absolute Gasteiger partial charge is 0.355 e. The zero-order chi connectivity index (χ0) is 17.0. The fraction of sp³-hybridized carbons (Fsp3) is 0.650. The first-order chi connectivity index (χ1) is 10.8. The van der Waals surface area contributed by atoms with Gasteiger partial charge in [0.2, 0.25) is 5.91 Å². The van der Waals surface area contributed by atoms with Gasteiger partial charge in [0.1, 0.15) is 0 Å². The fourth-order valence-electron chi connectivity index (χ4n) is 3.11. The number of hydrogen-bond acceptors (Lipinski definition) is 2. The number of nitrogens with one attached hydrogen (secondary N) is 1. The first-order valence-electron chi connectivity index (χ1n) is 8.82. The molecule has 0 aromatic heterocycles. The zero-order valence-corrected chi connectivity index (χ0v) is 15.4. The van der Waals surface area contributed by atoms with Gasteiger partial charge in [-0.25, -0.2) is 0 Å². The third-order valence-electron chi connectivity index (χ3n) is 4.83. The normalized spacial score (nSPS) is 17.3. The van der Waals surface area contributed by atoms with Crippen LogP contribution in [0, 0.1) is 25.2 Å². The van der Waals surface area contributed by atoms with Gasteiger partial charge in [0.05, 0.1) is 0 Å². The molecule has 1 aliphatic rings. The minimum Gasteiger partial charge on any atom is -0.355 e. The predicted octanol–water partition coefficient (Wildman–Crippen LogP) is 3.68. The molecule has 0 radical (unpaired) electrons. The molecule has 1 fully saturated rings. The topological polar surface area (TPSA) is 32.3 Å². The lowest BCUT2D eigenvalue weighted by atomic mass is 9.93. The summed E-state index contributed by atoms with van der Waals surface area (Å²) >= 11 is 0. The lowest BCUT2D eigenvalue weighted by molar-refractivity contribution is -0.128. The van der Waals surface area contributed by atoms with Crippen molar-refractivity contribution >= 4 is 5.91 Å². The Balaban J connectivity index is 1.77. The second kappa shape index (κ2) is 7.48. The van der Waals surface area contributed by atoms with Crippen LogP contribution < -0.4 is 5.32 Å². The van der Waals surface area contributed by atoms with Crippen molar-refractivity contribution in [3.8, 4) is 0 Å². The fourth-order valence-corrected chi connectivity index (χ4v) is 3.11. The monoisotopic (exact) mass is 316 g/mol. The average molecular weight is 316 g/mol. The van der Waals surface area contributed by atoms with Crippen LogP contribution in [0.3, 0.4) is 0 Å². The SMILES string of the molecule is Cc1ccc(CN2CCC(CNC(=O)C(C)(C)C)CC2)c(C)c1. The van der Waals surface area contributed by atoms with E-state index in [9.17, 15) is 4.79 Å². The van der Waals surface area contributed by atoms with E-state index in [0.717, 1.165) is 26.2 Å². The van der Waals surface area contributed by atoms with E-state index < -0.39 is 0 Å². The quantitative estimate of drug-likeness (QED) is 0.919. The smallest absolute Gasteiger partial charge is 0.225 e. The van der Waals surface area contributed by atoms with Crippen molar-refractivity contribution in [2.75, 3.05) is 19.6 Å². The van der Waals surface area contributed by atoms with Gasteiger partial charge in [0.15, 0.2) is 0 Å². The molecular formula is C20H32N2O. The number of carbonyl (C=O) groups excluding carboxylic acids is 1. The van der Waals surface area contributed by atoms with E-state index in [2.05, 4.69) is 42.3 Å². The van der Waals surface area contributed by atoms with E-state index in [1.165, 1.54) is 29.5 Å². The van der Waals surface area contributed by atoms with Crippen molar-refractivity contribution in [1.29, 1.82) is 0 Å². The third-order valence-corrected chi connectivity index (χ3v) is 4.83. The molecular weight excluding hydrogens is 284 g/mol. The van der Waals surface area contributed by atoms with Gasteiger partial charge < -0.3 is 5.32 Å². The highest BCUT2D eigenvalue weighted by molar-refractivity contribution is 5.81. The van der Waals surface area contributed by atoms with Gasteiger partial charge in [-0.3, -0.25) is 9.69 Å². The third kappa shape index (κ3) is 5.35. The first kappa shape index (κ1) is 18.0. The van der Waals surface area contributed by atoms with E-state index in [1.54, 1.807) is 0 Å². The van der Waals surface area contributed by atoms with Crippen LogP contribution in [0.15, 0.2) is 18.2 Å². The van der Waals surface area contributed by atoms with Gasteiger partial charge in [-0.1, -0.05) is 44.5 Å². The Morgan fingerprint density at radius 3 is 2.43 bits per heavy atom. The maximum Gasteiger partial charge on any atom is 0.225 e. The molecule has 0 spiro atoms. The number of benzene rings is 1. The lowest BCUT2D eigenvalue weighted by Gasteiger charge is -2.33. The first-order valence-corrected chi connectivity index (χ1v) is 8.82. The van der Waals surface area contributed by atoms with Gasteiger partial charge >= 0.3 is 0 Å². The number of carbonyl (C=O) groups is 1. The molecule has 128 valence electrons. The summed E-state index contributed by atoms with van der Waals surface area (Å²) in [4.78, 5) is 14.5. The Morgan fingerprint density at radius 2 is 1.87 bits per heavy atom. The molecule has 0 unspecified atom stereocenters. The molecule has 23 heavy (non-hydrogen) atoms. The van der Waals surface area contributed by atoms with Gasteiger partial charge in [0.25, 0.3) is 0 Å². The van der Waals surface area contributed by atoms with Crippen molar-refractivity contribution in [3.63, 3.8) is 0 Å². The average Bonchev–Trinajstić information content (AvgIpc) is 2.48. The molecule has 3 nitrogen and oxygen atoms in total. The summed E-state index contributed by atoms with van der Waals surface area (Å²) in [5, 5.41) is 3.11. The van der Waals surface area contributed by atoms with E-state index in [-0.39, 0.29) is 11.3 Å². The molecule has 2 rings (SSSR count). The maximum absolute atomic E-state index is 12.0. The van der Waals surface area contributed by atoms with Crippen LogP contribution in [-0.4, -0.2) is 30.4 Å². The van der Waals surface area contributed by atoms with Crippen LogP contribution in [0.5, 0.6) is 0 Å². The van der Waals surface area contributed by atoms with Crippen molar-refractivity contribution < 1.29 is 4.79 Å².